The van der Waals surface area contributed by atoms with Crippen molar-refractivity contribution in [2.75, 3.05) is 13.2 Å². The van der Waals surface area contributed by atoms with Gasteiger partial charge in [-0.15, -0.1) is 0 Å². The van der Waals surface area contributed by atoms with E-state index in [1.54, 1.807) is 38.1 Å². The highest BCUT2D eigenvalue weighted by atomic mass is 35.5. The van der Waals surface area contributed by atoms with Gasteiger partial charge < -0.3 is 9.47 Å². The number of hydrogen-bond acceptors (Lipinski definition) is 6. The summed E-state index contributed by atoms with van der Waals surface area (Å²) in [5, 5.41) is 0.268. The number of halogens is 1. The van der Waals surface area contributed by atoms with Crippen molar-refractivity contribution in [3.05, 3.63) is 33.7 Å². The molecule has 5 nitrogen and oxygen atoms in total. The van der Waals surface area contributed by atoms with Crippen LogP contribution < -0.4 is 4.74 Å². The van der Waals surface area contributed by atoms with Crippen LogP contribution in [0.3, 0.4) is 0 Å². The van der Waals surface area contributed by atoms with E-state index in [0.29, 0.717) is 41.7 Å². The van der Waals surface area contributed by atoms with Crippen LogP contribution >= 0.6 is 23.4 Å². The van der Waals surface area contributed by atoms with Gasteiger partial charge >= 0.3 is 5.97 Å². The number of carbonyl (C=O) groups excluding carboxylic acids is 3. The molecule has 134 valence electrons. The fourth-order valence-electron chi connectivity index (χ4n) is 2.18. The van der Waals surface area contributed by atoms with Gasteiger partial charge in [0.05, 0.1) is 29.1 Å². The van der Waals surface area contributed by atoms with Crippen molar-refractivity contribution in [1.29, 1.82) is 0 Å². The molecule has 2 rings (SSSR count). The number of ether oxygens (including phenoxy) is 2. The summed E-state index contributed by atoms with van der Waals surface area (Å²) in [5.41, 5.74) is 0.724. The van der Waals surface area contributed by atoms with Crippen LogP contribution in [0.2, 0.25) is 5.02 Å². The zero-order valence-electron chi connectivity index (χ0n) is 14.0. The molecule has 1 aliphatic rings. The van der Waals surface area contributed by atoms with Gasteiger partial charge in [-0.1, -0.05) is 17.7 Å². The third-order valence-electron chi connectivity index (χ3n) is 3.54. The lowest BCUT2D eigenvalue weighted by atomic mass is 10.1. The highest BCUT2D eigenvalue weighted by molar-refractivity contribution is 8.18. The number of carbonyl (C=O) groups is 3. The van der Waals surface area contributed by atoms with Crippen LogP contribution in [0.15, 0.2) is 23.1 Å². The maximum absolute atomic E-state index is 11.9. The Morgan fingerprint density at radius 2 is 2.12 bits per heavy atom. The van der Waals surface area contributed by atoms with Crippen LogP contribution in [-0.4, -0.2) is 30.1 Å². The van der Waals surface area contributed by atoms with Gasteiger partial charge in [0, 0.05) is 6.42 Å². The number of Topliss-reactive ketones (excluding diaryl/α,β-unsaturated/α-hetero) is 1. The maximum Gasteiger partial charge on any atom is 0.305 e. The molecular weight excluding hydrogens is 364 g/mol. The first-order valence-corrected chi connectivity index (χ1v) is 9.17. The highest BCUT2D eigenvalue weighted by Gasteiger charge is 2.34. The van der Waals surface area contributed by atoms with E-state index in [1.165, 1.54) is 0 Å². The average molecular weight is 383 g/mol. The predicted octanol–water partition coefficient (Wildman–Crippen LogP) is 3.88. The van der Waals surface area contributed by atoms with E-state index in [9.17, 15) is 14.4 Å². The van der Waals surface area contributed by atoms with Crippen LogP contribution in [-0.2, 0) is 19.1 Å². The van der Waals surface area contributed by atoms with Crippen molar-refractivity contribution >= 4 is 46.3 Å². The van der Waals surface area contributed by atoms with Crippen molar-refractivity contribution in [2.45, 2.75) is 26.7 Å². The molecule has 0 bridgehead atoms. The second kappa shape index (κ2) is 9.06. The maximum atomic E-state index is 11.9. The fraction of sp³-hybridized carbons (Fsp3) is 0.389. The fourth-order valence-corrected chi connectivity index (χ4v) is 3.39. The summed E-state index contributed by atoms with van der Waals surface area (Å²) < 4.78 is 10.4. The Bertz CT molecular complexity index is 713. The molecule has 0 spiro atoms. The SMILES string of the molecule is CCOC(=O)CCCOc1ccc(/C=C2\SC(=O)[C@H](C)C2=O)cc1Cl. The molecule has 0 saturated carbocycles. The first-order valence-electron chi connectivity index (χ1n) is 7.98. The lowest BCUT2D eigenvalue weighted by molar-refractivity contribution is -0.143. The molecule has 0 N–H and O–H groups in total. The van der Waals surface area contributed by atoms with Gasteiger partial charge in [0.1, 0.15) is 5.75 Å². The molecule has 0 aromatic heterocycles. The number of esters is 1. The molecule has 0 radical (unpaired) electrons. The number of benzene rings is 1. The van der Waals surface area contributed by atoms with Crippen LogP contribution in [0.1, 0.15) is 32.3 Å². The molecule has 1 fully saturated rings. The molecule has 0 aliphatic carbocycles. The minimum absolute atomic E-state index is 0.135. The normalized spacial score (nSPS) is 18.7. The summed E-state index contributed by atoms with van der Waals surface area (Å²) in [7, 11) is 0. The zero-order valence-corrected chi connectivity index (χ0v) is 15.6. The van der Waals surface area contributed by atoms with Crippen LogP contribution in [0.5, 0.6) is 5.75 Å². The molecule has 7 heteroatoms. The second-order valence-electron chi connectivity index (χ2n) is 5.46. The van der Waals surface area contributed by atoms with Crippen LogP contribution in [0, 0.1) is 5.92 Å². The average Bonchev–Trinajstić information content (AvgIpc) is 2.80. The first-order chi connectivity index (χ1) is 11.9. The lowest BCUT2D eigenvalue weighted by Crippen LogP contribution is -2.08. The molecular formula is C18H19ClO5S. The Hall–Kier alpha value is -1.79. The summed E-state index contributed by atoms with van der Waals surface area (Å²) in [5.74, 6) is -0.497. The van der Waals surface area contributed by atoms with Crippen LogP contribution in [0.4, 0.5) is 0 Å². The van der Waals surface area contributed by atoms with E-state index in [-0.39, 0.29) is 16.9 Å². The molecule has 1 saturated heterocycles. The van der Waals surface area contributed by atoms with E-state index < -0.39 is 5.92 Å². The molecule has 0 unspecified atom stereocenters. The van der Waals surface area contributed by atoms with E-state index in [4.69, 9.17) is 21.1 Å². The topological polar surface area (TPSA) is 69.7 Å². The summed E-state index contributed by atoms with van der Waals surface area (Å²) in [6.45, 7) is 4.09. The molecule has 1 heterocycles. The lowest BCUT2D eigenvalue weighted by Gasteiger charge is -2.08. The number of ketones is 1. The van der Waals surface area contributed by atoms with Gasteiger partial charge in [-0.05, 0) is 55.8 Å². The monoisotopic (exact) mass is 382 g/mol. The number of rotatable bonds is 7. The summed E-state index contributed by atoms with van der Waals surface area (Å²) in [4.78, 5) is 35.2. The van der Waals surface area contributed by atoms with Gasteiger partial charge in [-0.25, -0.2) is 0 Å². The minimum Gasteiger partial charge on any atom is -0.492 e. The smallest absolute Gasteiger partial charge is 0.305 e. The molecule has 1 atom stereocenters. The van der Waals surface area contributed by atoms with E-state index in [2.05, 4.69) is 0 Å². The van der Waals surface area contributed by atoms with Crippen molar-refractivity contribution < 1.29 is 23.9 Å². The predicted molar refractivity (Wildman–Crippen MR) is 97.6 cm³/mol. The molecule has 25 heavy (non-hydrogen) atoms. The zero-order chi connectivity index (χ0) is 18.4. The van der Waals surface area contributed by atoms with Crippen molar-refractivity contribution in [3.63, 3.8) is 0 Å². The molecule has 1 aromatic rings. The van der Waals surface area contributed by atoms with Crippen molar-refractivity contribution in [1.82, 2.24) is 0 Å². The highest BCUT2D eigenvalue weighted by Crippen LogP contribution is 2.35. The van der Waals surface area contributed by atoms with E-state index >= 15 is 0 Å². The standard InChI is InChI=1S/C18H19ClO5S/c1-3-23-16(20)5-4-8-24-14-7-6-12(9-13(14)19)10-15-17(21)11(2)18(22)25-15/h6-7,9-11H,3-5,8H2,1-2H3/b15-10-/t11-/m1/s1. The molecule has 1 aromatic carbocycles. The van der Waals surface area contributed by atoms with Crippen molar-refractivity contribution in [2.24, 2.45) is 5.92 Å². The molecule has 1 aliphatic heterocycles. The van der Waals surface area contributed by atoms with Gasteiger partial charge in [0.25, 0.3) is 0 Å². The van der Waals surface area contributed by atoms with Gasteiger partial charge in [0.2, 0.25) is 5.12 Å². The second-order valence-corrected chi connectivity index (χ2v) is 6.92. The number of allylic oxidation sites excluding steroid dienone is 1. The Morgan fingerprint density at radius 3 is 2.72 bits per heavy atom. The Kier molecular flexibility index (Phi) is 7.08. The Labute approximate surface area is 155 Å². The van der Waals surface area contributed by atoms with E-state index in [1.807, 2.05) is 0 Å². The minimum atomic E-state index is -0.589. The van der Waals surface area contributed by atoms with Crippen LogP contribution in [0.25, 0.3) is 6.08 Å². The summed E-state index contributed by atoms with van der Waals surface area (Å²) in [6.07, 6.45) is 2.48. The largest absolute Gasteiger partial charge is 0.492 e. The van der Waals surface area contributed by atoms with Gasteiger partial charge in [-0.2, -0.15) is 0 Å². The van der Waals surface area contributed by atoms with E-state index in [0.717, 1.165) is 17.3 Å². The third-order valence-corrected chi connectivity index (χ3v) is 4.93. The van der Waals surface area contributed by atoms with Crippen molar-refractivity contribution in [3.8, 4) is 5.75 Å². The molecule has 0 amide bonds. The summed E-state index contributed by atoms with van der Waals surface area (Å²) >= 11 is 7.16. The number of thioether (sulfide) groups is 1. The van der Waals surface area contributed by atoms with Gasteiger partial charge in [0.15, 0.2) is 5.78 Å². The quantitative estimate of drug-likeness (QED) is 0.308. The summed E-state index contributed by atoms with van der Waals surface area (Å²) in [6, 6.07) is 5.14. The first kappa shape index (κ1) is 19.5. The Morgan fingerprint density at radius 1 is 1.36 bits per heavy atom. The third kappa shape index (κ3) is 5.34. The number of hydrogen-bond donors (Lipinski definition) is 0. The Balaban J connectivity index is 1.93. The van der Waals surface area contributed by atoms with Gasteiger partial charge in [-0.3, -0.25) is 14.4 Å².